The molecule has 170 valence electrons. The summed E-state index contributed by atoms with van der Waals surface area (Å²) >= 11 is 12.4. The van der Waals surface area contributed by atoms with E-state index < -0.39 is 22.4 Å². The second kappa shape index (κ2) is 10.2. The number of ketones is 1. The molecule has 10 heteroatoms. The molecule has 7 nitrogen and oxygen atoms in total. The summed E-state index contributed by atoms with van der Waals surface area (Å²) in [6.45, 7) is -0.442. The molecule has 3 aromatic carbocycles. The van der Waals surface area contributed by atoms with Gasteiger partial charge in [0.05, 0.1) is 36.8 Å². The van der Waals surface area contributed by atoms with Gasteiger partial charge in [-0.3, -0.25) is 4.79 Å². The zero-order chi connectivity index (χ0) is 24.2. The second-order valence-electron chi connectivity index (χ2n) is 6.66. The third kappa shape index (κ3) is 4.97. The molecular weight excluding hydrogens is 487 g/mol. The highest BCUT2D eigenvalue weighted by molar-refractivity contribution is 7.89. The quantitative estimate of drug-likeness (QED) is 0.351. The van der Waals surface area contributed by atoms with E-state index in [0.29, 0.717) is 0 Å². The SMILES string of the molecule is COc1ccc(S(=O)(=O)NCC#N)c(-c2ccc(Cl)cc2C(=O)c2ccccc2Cl)c1OC. The Morgan fingerprint density at radius 1 is 1.03 bits per heavy atom. The van der Waals surface area contributed by atoms with E-state index in [0.717, 1.165) is 0 Å². The monoisotopic (exact) mass is 504 g/mol. The molecule has 0 fully saturated rings. The van der Waals surface area contributed by atoms with Gasteiger partial charge in [-0.25, -0.2) is 8.42 Å². The van der Waals surface area contributed by atoms with E-state index in [9.17, 15) is 13.2 Å². The summed E-state index contributed by atoms with van der Waals surface area (Å²) in [4.78, 5) is 13.3. The molecule has 0 amide bonds. The second-order valence-corrected chi connectivity index (χ2v) is 9.23. The van der Waals surface area contributed by atoms with Crippen LogP contribution < -0.4 is 14.2 Å². The van der Waals surface area contributed by atoms with Crippen molar-refractivity contribution in [3.63, 3.8) is 0 Å². The maximum absolute atomic E-state index is 13.5. The van der Waals surface area contributed by atoms with Crippen molar-refractivity contribution in [1.82, 2.24) is 4.72 Å². The van der Waals surface area contributed by atoms with Gasteiger partial charge in [-0.05, 0) is 42.0 Å². The summed E-state index contributed by atoms with van der Waals surface area (Å²) in [6.07, 6.45) is 0. The van der Waals surface area contributed by atoms with Crippen LogP contribution in [0.4, 0.5) is 0 Å². The van der Waals surface area contributed by atoms with Crippen molar-refractivity contribution < 1.29 is 22.7 Å². The van der Waals surface area contributed by atoms with Crippen molar-refractivity contribution in [3.05, 3.63) is 75.8 Å². The number of methoxy groups -OCH3 is 2. The number of sulfonamides is 1. The van der Waals surface area contributed by atoms with Crippen molar-refractivity contribution in [3.8, 4) is 28.7 Å². The first-order valence-electron chi connectivity index (χ1n) is 9.46. The van der Waals surface area contributed by atoms with Crippen LogP contribution in [0.2, 0.25) is 10.0 Å². The molecule has 0 atom stereocenters. The molecule has 3 aromatic rings. The molecule has 1 N–H and O–H groups in total. The summed E-state index contributed by atoms with van der Waals surface area (Å²) in [5.41, 5.74) is 0.641. The van der Waals surface area contributed by atoms with E-state index in [2.05, 4.69) is 4.72 Å². The summed E-state index contributed by atoms with van der Waals surface area (Å²) in [6, 6.07) is 15.4. The molecule has 0 aliphatic carbocycles. The highest BCUT2D eigenvalue weighted by Gasteiger charge is 2.28. The average Bonchev–Trinajstić information content (AvgIpc) is 2.81. The van der Waals surface area contributed by atoms with Crippen LogP contribution in [0.15, 0.2) is 59.5 Å². The molecule has 0 heterocycles. The van der Waals surface area contributed by atoms with Gasteiger partial charge in [0.15, 0.2) is 17.3 Å². The zero-order valence-electron chi connectivity index (χ0n) is 17.6. The van der Waals surface area contributed by atoms with Crippen molar-refractivity contribution >= 4 is 39.0 Å². The fourth-order valence-corrected chi connectivity index (χ4v) is 4.83. The normalized spacial score (nSPS) is 11.0. The molecular formula is C23H18Cl2N2O5S. The van der Waals surface area contributed by atoms with Gasteiger partial charge in [-0.15, -0.1) is 0 Å². The first kappa shape index (κ1) is 24.6. The maximum Gasteiger partial charge on any atom is 0.242 e. The highest BCUT2D eigenvalue weighted by Crippen LogP contribution is 2.44. The van der Waals surface area contributed by atoms with Crippen LogP contribution in [0, 0.1) is 11.3 Å². The molecule has 0 aromatic heterocycles. The topological polar surface area (TPSA) is 105 Å². The Balaban J connectivity index is 2.39. The smallest absolute Gasteiger partial charge is 0.242 e. The lowest BCUT2D eigenvalue weighted by Crippen LogP contribution is -2.25. The standard InChI is InChI=1S/C23H18Cl2N2O5S/c1-31-19-9-10-20(33(29,30)27-12-11-26)21(23(19)32-2)15-8-7-14(24)13-17(15)22(28)16-5-3-4-6-18(16)25/h3-10,13,27H,12H2,1-2H3. The number of ether oxygens (including phenoxy) is 2. The number of carbonyl (C=O) groups is 1. The van der Waals surface area contributed by atoms with E-state index in [-0.39, 0.29) is 48.7 Å². The fraction of sp³-hybridized carbons (Fsp3) is 0.130. The van der Waals surface area contributed by atoms with Gasteiger partial charge < -0.3 is 9.47 Å². The fourth-order valence-electron chi connectivity index (χ4n) is 3.31. The van der Waals surface area contributed by atoms with Gasteiger partial charge in [0.1, 0.15) is 0 Å². The molecule has 0 saturated carbocycles. The molecule has 3 rings (SSSR count). The van der Waals surface area contributed by atoms with Crippen molar-refractivity contribution in [2.75, 3.05) is 20.8 Å². The summed E-state index contributed by atoms with van der Waals surface area (Å²) in [7, 11) is -1.41. The lowest BCUT2D eigenvalue weighted by molar-refractivity contribution is 0.103. The minimum atomic E-state index is -4.16. The Morgan fingerprint density at radius 2 is 1.76 bits per heavy atom. The number of rotatable bonds is 8. The summed E-state index contributed by atoms with van der Waals surface area (Å²) in [5.74, 6) is -0.123. The van der Waals surface area contributed by atoms with Gasteiger partial charge in [0, 0.05) is 21.7 Å². The van der Waals surface area contributed by atoms with Gasteiger partial charge in [-0.2, -0.15) is 9.98 Å². The number of carbonyl (C=O) groups excluding carboxylic acids is 1. The molecule has 33 heavy (non-hydrogen) atoms. The lowest BCUT2D eigenvalue weighted by atomic mass is 9.93. The number of halogens is 2. The number of benzene rings is 3. The first-order chi connectivity index (χ1) is 15.7. The number of nitriles is 1. The third-order valence-corrected chi connectivity index (χ3v) is 6.76. The molecule has 0 bridgehead atoms. The third-order valence-electron chi connectivity index (χ3n) is 4.75. The Bertz CT molecular complexity index is 1370. The molecule has 0 spiro atoms. The molecule has 0 aliphatic heterocycles. The number of nitrogens with one attached hydrogen (secondary N) is 1. The lowest BCUT2D eigenvalue weighted by Gasteiger charge is -2.19. The van der Waals surface area contributed by atoms with Crippen LogP contribution >= 0.6 is 23.2 Å². The van der Waals surface area contributed by atoms with E-state index >= 15 is 0 Å². The van der Waals surface area contributed by atoms with E-state index in [4.69, 9.17) is 37.9 Å². The summed E-state index contributed by atoms with van der Waals surface area (Å²) in [5, 5.41) is 9.35. The van der Waals surface area contributed by atoms with Crippen molar-refractivity contribution in [1.29, 1.82) is 5.26 Å². The summed E-state index contributed by atoms with van der Waals surface area (Å²) < 4.78 is 39.1. The zero-order valence-corrected chi connectivity index (χ0v) is 19.9. The Morgan fingerprint density at radius 3 is 2.39 bits per heavy atom. The van der Waals surface area contributed by atoms with E-state index in [1.165, 1.54) is 44.6 Å². The van der Waals surface area contributed by atoms with Crippen molar-refractivity contribution in [2.24, 2.45) is 0 Å². The minimum Gasteiger partial charge on any atom is -0.493 e. The predicted octanol–water partition coefficient (Wildman–Crippen LogP) is 4.71. The van der Waals surface area contributed by atoms with Crippen LogP contribution in [0.5, 0.6) is 11.5 Å². The largest absolute Gasteiger partial charge is 0.493 e. The minimum absolute atomic E-state index is 0.0781. The number of hydrogen-bond acceptors (Lipinski definition) is 6. The molecule has 0 unspecified atom stereocenters. The molecule has 0 aliphatic rings. The van der Waals surface area contributed by atoms with E-state index in [1.54, 1.807) is 30.3 Å². The number of hydrogen-bond donors (Lipinski definition) is 1. The van der Waals surface area contributed by atoms with Crippen LogP contribution in [-0.4, -0.2) is 35.0 Å². The van der Waals surface area contributed by atoms with Crippen LogP contribution in [0.25, 0.3) is 11.1 Å². The average molecular weight is 505 g/mol. The molecule has 0 saturated heterocycles. The van der Waals surface area contributed by atoms with Crippen LogP contribution in [-0.2, 0) is 10.0 Å². The first-order valence-corrected chi connectivity index (χ1v) is 11.7. The van der Waals surface area contributed by atoms with Crippen molar-refractivity contribution in [2.45, 2.75) is 4.90 Å². The van der Waals surface area contributed by atoms with Crippen LogP contribution in [0.1, 0.15) is 15.9 Å². The molecule has 0 radical (unpaired) electrons. The van der Waals surface area contributed by atoms with Gasteiger partial charge >= 0.3 is 0 Å². The Kier molecular flexibility index (Phi) is 7.61. The van der Waals surface area contributed by atoms with Crippen LogP contribution in [0.3, 0.4) is 0 Å². The van der Waals surface area contributed by atoms with Gasteiger partial charge in [-0.1, -0.05) is 41.4 Å². The van der Waals surface area contributed by atoms with Gasteiger partial charge in [0.25, 0.3) is 0 Å². The van der Waals surface area contributed by atoms with Gasteiger partial charge in [0.2, 0.25) is 10.0 Å². The Labute approximate surface area is 201 Å². The number of nitrogens with zero attached hydrogens (tertiary/aromatic N) is 1. The predicted molar refractivity (Wildman–Crippen MR) is 126 cm³/mol. The maximum atomic E-state index is 13.5. The highest BCUT2D eigenvalue weighted by atomic mass is 35.5. The van der Waals surface area contributed by atoms with E-state index in [1.807, 2.05) is 0 Å². The Hall–Kier alpha value is -3.09.